The normalized spacial score (nSPS) is 22.5. The summed E-state index contributed by atoms with van der Waals surface area (Å²) in [7, 11) is 0.279. The number of alkyl halides is 2. The first-order valence-corrected chi connectivity index (χ1v) is 9.41. The number of nitrogens with zero attached hydrogens (tertiary/aromatic N) is 2. The van der Waals surface area contributed by atoms with Crippen LogP contribution in [0.1, 0.15) is 19.8 Å². The van der Waals surface area contributed by atoms with Gasteiger partial charge in [-0.1, -0.05) is 13.3 Å². The van der Waals surface area contributed by atoms with E-state index in [0.717, 1.165) is 12.8 Å². The lowest BCUT2D eigenvalue weighted by Gasteiger charge is -2.24. The molecule has 1 saturated heterocycles. The summed E-state index contributed by atoms with van der Waals surface area (Å²) >= 11 is 0. The fourth-order valence-corrected chi connectivity index (χ4v) is 4.71. The SMILES string of the molecule is CCC[C@@H]1CN(S(=O)(=O)c2ccc(OC(F)F)cc2)C[C@H]1N(C)C. The highest BCUT2D eigenvalue weighted by atomic mass is 32.2. The lowest BCUT2D eigenvalue weighted by atomic mass is 9.98. The second-order valence-electron chi connectivity index (χ2n) is 6.25. The maximum atomic E-state index is 12.8. The molecule has 0 spiro atoms. The van der Waals surface area contributed by atoms with E-state index >= 15 is 0 Å². The van der Waals surface area contributed by atoms with Gasteiger partial charge in [0, 0.05) is 19.1 Å². The van der Waals surface area contributed by atoms with E-state index < -0.39 is 16.6 Å². The van der Waals surface area contributed by atoms with Crippen LogP contribution in [-0.4, -0.2) is 57.5 Å². The molecule has 1 aromatic rings. The zero-order valence-corrected chi connectivity index (χ0v) is 15.0. The second kappa shape index (κ2) is 7.76. The molecular formula is C16H24F2N2O3S. The molecule has 0 aromatic heterocycles. The van der Waals surface area contributed by atoms with Crippen molar-refractivity contribution < 1.29 is 21.9 Å². The van der Waals surface area contributed by atoms with E-state index in [0.29, 0.717) is 19.0 Å². The fraction of sp³-hybridized carbons (Fsp3) is 0.625. The summed E-state index contributed by atoms with van der Waals surface area (Å²) in [6, 6.07) is 5.31. The van der Waals surface area contributed by atoms with Crippen molar-refractivity contribution in [2.75, 3.05) is 27.2 Å². The molecule has 1 heterocycles. The predicted octanol–water partition coefficient (Wildman–Crippen LogP) is 2.64. The quantitative estimate of drug-likeness (QED) is 0.748. The van der Waals surface area contributed by atoms with Crippen LogP contribution in [-0.2, 0) is 10.0 Å². The number of rotatable bonds is 7. The lowest BCUT2D eigenvalue weighted by molar-refractivity contribution is -0.0498. The van der Waals surface area contributed by atoms with Crippen molar-refractivity contribution in [2.45, 2.75) is 37.3 Å². The van der Waals surface area contributed by atoms with Crippen molar-refractivity contribution in [1.29, 1.82) is 0 Å². The molecule has 0 amide bonds. The first-order chi connectivity index (χ1) is 11.3. The number of hydrogen-bond acceptors (Lipinski definition) is 4. The van der Waals surface area contributed by atoms with Gasteiger partial charge in [0.2, 0.25) is 10.0 Å². The molecule has 0 N–H and O–H groups in total. The van der Waals surface area contributed by atoms with Crippen LogP contribution in [0.2, 0.25) is 0 Å². The van der Waals surface area contributed by atoms with Crippen LogP contribution >= 0.6 is 0 Å². The van der Waals surface area contributed by atoms with Gasteiger partial charge in [0.15, 0.2) is 0 Å². The molecule has 0 unspecified atom stereocenters. The van der Waals surface area contributed by atoms with Crippen molar-refractivity contribution >= 4 is 10.0 Å². The number of halogens is 2. The number of likely N-dealkylation sites (N-methyl/N-ethyl adjacent to an activating group) is 1. The van der Waals surface area contributed by atoms with Crippen molar-refractivity contribution in [1.82, 2.24) is 9.21 Å². The molecule has 1 aliphatic heterocycles. The average molecular weight is 362 g/mol. The Labute approximate surface area is 142 Å². The van der Waals surface area contributed by atoms with Gasteiger partial charge < -0.3 is 9.64 Å². The molecule has 1 fully saturated rings. The van der Waals surface area contributed by atoms with Gasteiger partial charge >= 0.3 is 6.61 Å². The summed E-state index contributed by atoms with van der Waals surface area (Å²) in [4.78, 5) is 2.16. The molecule has 24 heavy (non-hydrogen) atoms. The molecule has 1 aliphatic rings. The third-order valence-electron chi connectivity index (χ3n) is 4.38. The third-order valence-corrected chi connectivity index (χ3v) is 6.23. The zero-order valence-electron chi connectivity index (χ0n) is 14.2. The van der Waals surface area contributed by atoms with Crippen LogP contribution in [0.3, 0.4) is 0 Å². The standard InChI is InChI=1S/C16H24F2N2O3S/c1-4-5-12-10-20(11-15(12)19(2)3)24(21,22)14-8-6-13(7-9-14)23-16(17)18/h6-9,12,15-16H,4-5,10-11H2,1-3H3/t12-,15-/m1/s1. The number of hydrogen-bond donors (Lipinski definition) is 0. The van der Waals surface area contributed by atoms with E-state index in [9.17, 15) is 17.2 Å². The van der Waals surface area contributed by atoms with E-state index in [2.05, 4.69) is 16.6 Å². The Morgan fingerprint density at radius 3 is 2.38 bits per heavy atom. The highest BCUT2D eigenvalue weighted by Crippen LogP contribution is 2.30. The average Bonchev–Trinajstić information content (AvgIpc) is 2.92. The van der Waals surface area contributed by atoms with Gasteiger partial charge in [-0.3, -0.25) is 0 Å². The Morgan fingerprint density at radius 2 is 1.88 bits per heavy atom. The first kappa shape index (κ1) is 19.1. The molecule has 0 saturated carbocycles. The Morgan fingerprint density at radius 1 is 1.25 bits per heavy atom. The molecular weight excluding hydrogens is 338 g/mol. The smallest absolute Gasteiger partial charge is 0.387 e. The van der Waals surface area contributed by atoms with Gasteiger partial charge in [-0.25, -0.2) is 8.42 Å². The molecule has 0 aliphatic carbocycles. The molecule has 2 rings (SSSR count). The maximum Gasteiger partial charge on any atom is 0.387 e. The summed E-state index contributed by atoms with van der Waals surface area (Å²) in [6.45, 7) is 0.0801. The Bertz CT molecular complexity index is 635. The molecule has 5 nitrogen and oxygen atoms in total. The van der Waals surface area contributed by atoms with Crippen LogP contribution in [0.25, 0.3) is 0 Å². The molecule has 0 bridgehead atoms. The van der Waals surface area contributed by atoms with Crippen LogP contribution in [0.5, 0.6) is 5.75 Å². The van der Waals surface area contributed by atoms with Crippen molar-refractivity contribution in [3.8, 4) is 5.75 Å². The number of sulfonamides is 1. The Balaban J connectivity index is 2.18. The second-order valence-corrected chi connectivity index (χ2v) is 8.19. The summed E-state index contributed by atoms with van der Waals surface area (Å²) in [5.41, 5.74) is 0. The number of ether oxygens (including phenoxy) is 1. The molecule has 8 heteroatoms. The molecule has 1 aromatic carbocycles. The summed E-state index contributed by atoms with van der Waals surface area (Å²) in [5, 5.41) is 0. The van der Waals surface area contributed by atoms with E-state index in [-0.39, 0.29) is 16.7 Å². The van der Waals surface area contributed by atoms with Crippen LogP contribution in [0, 0.1) is 5.92 Å². The minimum Gasteiger partial charge on any atom is -0.435 e. The minimum atomic E-state index is -3.64. The van der Waals surface area contributed by atoms with Crippen LogP contribution in [0.4, 0.5) is 8.78 Å². The first-order valence-electron chi connectivity index (χ1n) is 7.97. The molecule has 136 valence electrons. The number of benzene rings is 1. The van der Waals surface area contributed by atoms with Crippen molar-refractivity contribution in [3.63, 3.8) is 0 Å². The van der Waals surface area contributed by atoms with Gasteiger partial charge in [-0.2, -0.15) is 13.1 Å². The highest BCUT2D eigenvalue weighted by molar-refractivity contribution is 7.89. The highest BCUT2D eigenvalue weighted by Gasteiger charge is 2.39. The predicted molar refractivity (Wildman–Crippen MR) is 87.7 cm³/mol. The van der Waals surface area contributed by atoms with Gasteiger partial charge in [-0.15, -0.1) is 0 Å². The van der Waals surface area contributed by atoms with Crippen LogP contribution < -0.4 is 4.74 Å². The third kappa shape index (κ3) is 4.23. The molecule has 0 radical (unpaired) electrons. The Kier molecular flexibility index (Phi) is 6.17. The molecule has 2 atom stereocenters. The minimum absolute atomic E-state index is 0.0552. The largest absolute Gasteiger partial charge is 0.435 e. The maximum absolute atomic E-state index is 12.8. The van der Waals surface area contributed by atoms with Crippen molar-refractivity contribution in [3.05, 3.63) is 24.3 Å². The van der Waals surface area contributed by atoms with E-state index in [1.54, 1.807) is 0 Å². The van der Waals surface area contributed by atoms with Crippen molar-refractivity contribution in [2.24, 2.45) is 5.92 Å². The summed E-state index contributed by atoms with van der Waals surface area (Å²) < 4.78 is 55.7. The zero-order chi connectivity index (χ0) is 17.9. The summed E-state index contributed by atoms with van der Waals surface area (Å²) in [5.74, 6) is 0.238. The Hall–Kier alpha value is -1.25. The van der Waals surface area contributed by atoms with Gasteiger partial charge in [0.1, 0.15) is 5.75 Å². The van der Waals surface area contributed by atoms with Crippen LogP contribution in [0.15, 0.2) is 29.2 Å². The summed E-state index contributed by atoms with van der Waals surface area (Å²) in [6.07, 6.45) is 1.97. The van der Waals surface area contributed by atoms with Gasteiger partial charge in [0.25, 0.3) is 0 Å². The van der Waals surface area contributed by atoms with E-state index in [1.165, 1.54) is 28.6 Å². The fourth-order valence-electron chi connectivity index (χ4n) is 3.19. The van der Waals surface area contributed by atoms with Gasteiger partial charge in [-0.05, 0) is 50.7 Å². The van der Waals surface area contributed by atoms with Gasteiger partial charge in [0.05, 0.1) is 4.90 Å². The van der Waals surface area contributed by atoms with E-state index in [1.807, 2.05) is 14.1 Å². The topological polar surface area (TPSA) is 49.9 Å². The monoisotopic (exact) mass is 362 g/mol. The van der Waals surface area contributed by atoms with E-state index in [4.69, 9.17) is 0 Å². The lowest BCUT2D eigenvalue weighted by Crippen LogP contribution is -2.36.